The molecule has 2 fully saturated rings. The maximum atomic E-state index is 5.98. The molecule has 19 heavy (non-hydrogen) atoms. The average Bonchev–Trinajstić information content (AvgIpc) is 3.03. The van der Waals surface area contributed by atoms with Gasteiger partial charge < -0.3 is 10.1 Å². The van der Waals surface area contributed by atoms with Gasteiger partial charge in [-0.1, -0.05) is 18.2 Å². The van der Waals surface area contributed by atoms with E-state index in [4.69, 9.17) is 4.74 Å². The van der Waals surface area contributed by atoms with Crippen LogP contribution in [0.2, 0.25) is 0 Å². The summed E-state index contributed by atoms with van der Waals surface area (Å²) in [5.41, 5.74) is 1.24. The molecule has 1 saturated heterocycles. The number of benzene rings is 1. The lowest BCUT2D eigenvalue weighted by atomic mass is 10.1. The Kier molecular flexibility index (Phi) is 4.04. The van der Waals surface area contributed by atoms with Gasteiger partial charge in [0.05, 0.1) is 0 Å². The molecule has 2 unspecified atom stereocenters. The Morgan fingerprint density at radius 1 is 1.32 bits per heavy atom. The van der Waals surface area contributed by atoms with Crippen LogP contribution in [0.15, 0.2) is 24.3 Å². The first-order valence-electron chi connectivity index (χ1n) is 7.46. The maximum absolute atomic E-state index is 5.98. The van der Waals surface area contributed by atoms with Crippen molar-refractivity contribution in [3.05, 3.63) is 29.8 Å². The van der Waals surface area contributed by atoms with Crippen molar-refractivity contribution >= 4 is 0 Å². The molecule has 0 radical (unpaired) electrons. The van der Waals surface area contributed by atoms with Gasteiger partial charge in [0.2, 0.25) is 0 Å². The molecule has 1 aromatic rings. The van der Waals surface area contributed by atoms with Crippen LogP contribution < -0.4 is 10.1 Å². The Morgan fingerprint density at radius 3 is 2.95 bits per heavy atom. The van der Waals surface area contributed by atoms with Crippen LogP contribution in [-0.4, -0.2) is 37.7 Å². The minimum absolute atomic E-state index is 0.809. The molecule has 3 heteroatoms. The Balaban J connectivity index is 1.49. The van der Waals surface area contributed by atoms with Gasteiger partial charge in [-0.3, -0.25) is 4.90 Å². The van der Waals surface area contributed by atoms with E-state index in [-0.39, 0.29) is 0 Å². The third-order valence-corrected chi connectivity index (χ3v) is 4.50. The number of rotatable bonds is 6. The average molecular weight is 260 g/mol. The van der Waals surface area contributed by atoms with Gasteiger partial charge in [0.15, 0.2) is 0 Å². The largest absolute Gasteiger partial charge is 0.492 e. The summed E-state index contributed by atoms with van der Waals surface area (Å²) in [5, 5.41) is 3.19. The molecule has 0 amide bonds. The maximum Gasteiger partial charge on any atom is 0.123 e. The van der Waals surface area contributed by atoms with Gasteiger partial charge in [-0.05, 0) is 38.3 Å². The van der Waals surface area contributed by atoms with E-state index < -0.39 is 0 Å². The predicted molar refractivity (Wildman–Crippen MR) is 77.4 cm³/mol. The zero-order chi connectivity index (χ0) is 13.1. The third-order valence-electron chi connectivity index (χ3n) is 4.50. The second kappa shape index (κ2) is 5.93. The van der Waals surface area contributed by atoms with Crippen LogP contribution in [0.1, 0.15) is 24.8 Å². The second-order valence-corrected chi connectivity index (χ2v) is 5.81. The van der Waals surface area contributed by atoms with Crippen molar-refractivity contribution in [2.24, 2.45) is 5.92 Å². The van der Waals surface area contributed by atoms with Crippen LogP contribution in [0.25, 0.3) is 0 Å². The van der Waals surface area contributed by atoms with Gasteiger partial charge in [0, 0.05) is 31.2 Å². The number of likely N-dealkylation sites (tertiary alicyclic amines) is 1. The van der Waals surface area contributed by atoms with Crippen LogP contribution in [0.5, 0.6) is 5.75 Å². The van der Waals surface area contributed by atoms with Gasteiger partial charge >= 0.3 is 0 Å². The van der Waals surface area contributed by atoms with Crippen LogP contribution in [0, 0.1) is 5.92 Å². The number of ether oxygens (including phenoxy) is 1. The number of nitrogens with zero attached hydrogens (tertiary/aromatic N) is 1. The quantitative estimate of drug-likeness (QED) is 0.849. The summed E-state index contributed by atoms with van der Waals surface area (Å²) in [4.78, 5) is 2.62. The fourth-order valence-corrected chi connectivity index (χ4v) is 3.55. The van der Waals surface area contributed by atoms with E-state index in [0.717, 1.165) is 37.4 Å². The van der Waals surface area contributed by atoms with E-state index in [2.05, 4.69) is 28.4 Å². The lowest BCUT2D eigenvalue weighted by Gasteiger charge is -2.26. The molecule has 2 aliphatic rings. The highest BCUT2D eigenvalue weighted by Crippen LogP contribution is 2.36. The monoisotopic (exact) mass is 260 g/mol. The highest BCUT2D eigenvalue weighted by molar-refractivity contribution is 5.33. The molecule has 104 valence electrons. The lowest BCUT2D eigenvalue weighted by molar-refractivity contribution is 0.171. The van der Waals surface area contributed by atoms with E-state index in [1.165, 1.54) is 31.4 Å². The van der Waals surface area contributed by atoms with Gasteiger partial charge in [-0.25, -0.2) is 0 Å². The van der Waals surface area contributed by atoms with Crippen molar-refractivity contribution in [3.8, 4) is 5.75 Å². The standard InChI is InChI=1S/C16H24N2O/c1-17-11-14-4-2-3-5-16(14)19-9-8-18-12-13-6-7-15(18)10-13/h2-5,13,15,17H,6-12H2,1H3. The van der Waals surface area contributed by atoms with Crippen LogP contribution in [0.3, 0.4) is 0 Å². The number of piperidine rings is 1. The molecule has 1 heterocycles. The zero-order valence-corrected chi connectivity index (χ0v) is 11.8. The summed E-state index contributed by atoms with van der Waals surface area (Å²) in [6.07, 6.45) is 4.28. The number of hydrogen-bond donors (Lipinski definition) is 1. The summed E-state index contributed by atoms with van der Waals surface area (Å²) >= 11 is 0. The summed E-state index contributed by atoms with van der Waals surface area (Å²) < 4.78 is 5.98. The fourth-order valence-electron chi connectivity index (χ4n) is 3.55. The van der Waals surface area contributed by atoms with Crippen molar-refractivity contribution in [2.45, 2.75) is 31.8 Å². The normalized spacial score (nSPS) is 25.9. The highest BCUT2D eigenvalue weighted by atomic mass is 16.5. The molecule has 1 aliphatic carbocycles. The summed E-state index contributed by atoms with van der Waals surface area (Å²) in [6, 6.07) is 9.17. The minimum Gasteiger partial charge on any atom is -0.492 e. The molecular formula is C16H24N2O. The molecule has 1 saturated carbocycles. The van der Waals surface area contributed by atoms with Gasteiger partial charge in [-0.2, -0.15) is 0 Å². The molecule has 3 rings (SSSR count). The first-order chi connectivity index (χ1) is 9.36. The summed E-state index contributed by atoms with van der Waals surface area (Å²) in [5.74, 6) is 2.00. The second-order valence-electron chi connectivity index (χ2n) is 5.81. The highest BCUT2D eigenvalue weighted by Gasteiger charge is 2.37. The van der Waals surface area contributed by atoms with E-state index in [9.17, 15) is 0 Å². The van der Waals surface area contributed by atoms with E-state index in [1.807, 2.05) is 13.1 Å². The number of fused-ring (bicyclic) bond motifs is 2. The number of hydrogen-bond acceptors (Lipinski definition) is 3. The number of para-hydroxylation sites is 1. The van der Waals surface area contributed by atoms with Crippen LogP contribution >= 0.6 is 0 Å². The Hall–Kier alpha value is -1.06. The first kappa shape index (κ1) is 12.9. The Bertz CT molecular complexity index is 421. The number of nitrogens with one attached hydrogen (secondary N) is 1. The molecule has 2 bridgehead atoms. The van der Waals surface area contributed by atoms with Crippen LogP contribution in [0.4, 0.5) is 0 Å². The Labute approximate surface area is 115 Å². The zero-order valence-electron chi connectivity index (χ0n) is 11.8. The molecule has 0 aromatic heterocycles. The molecule has 0 spiro atoms. The smallest absolute Gasteiger partial charge is 0.123 e. The van der Waals surface area contributed by atoms with Crippen molar-refractivity contribution in [1.82, 2.24) is 10.2 Å². The minimum atomic E-state index is 0.809. The van der Waals surface area contributed by atoms with Crippen molar-refractivity contribution < 1.29 is 4.74 Å². The van der Waals surface area contributed by atoms with E-state index in [1.54, 1.807) is 0 Å². The molecule has 1 aliphatic heterocycles. The molecular weight excluding hydrogens is 236 g/mol. The fraction of sp³-hybridized carbons (Fsp3) is 0.625. The lowest BCUT2D eigenvalue weighted by Crippen LogP contribution is -2.35. The van der Waals surface area contributed by atoms with Crippen molar-refractivity contribution in [3.63, 3.8) is 0 Å². The van der Waals surface area contributed by atoms with Crippen molar-refractivity contribution in [1.29, 1.82) is 0 Å². The summed E-state index contributed by atoms with van der Waals surface area (Å²) in [6.45, 7) is 4.05. The van der Waals surface area contributed by atoms with Crippen molar-refractivity contribution in [2.75, 3.05) is 26.7 Å². The topological polar surface area (TPSA) is 24.5 Å². The Morgan fingerprint density at radius 2 is 2.21 bits per heavy atom. The first-order valence-corrected chi connectivity index (χ1v) is 7.46. The van der Waals surface area contributed by atoms with Gasteiger partial charge in [-0.15, -0.1) is 0 Å². The summed E-state index contributed by atoms with van der Waals surface area (Å²) in [7, 11) is 1.97. The van der Waals surface area contributed by atoms with Gasteiger partial charge in [0.1, 0.15) is 12.4 Å². The van der Waals surface area contributed by atoms with E-state index in [0.29, 0.717) is 0 Å². The van der Waals surface area contributed by atoms with E-state index >= 15 is 0 Å². The predicted octanol–water partition coefficient (Wildman–Crippen LogP) is 2.27. The molecule has 2 atom stereocenters. The molecule has 3 nitrogen and oxygen atoms in total. The molecule has 1 aromatic carbocycles. The van der Waals surface area contributed by atoms with Crippen LogP contribution in [-0.2, 0) is 6.54 Å². The van der Waals surface area contributed by atoms with Gasteiger partial charge in [0.25, 0.3) is 0 Å². The molecule has 1 N–H and O–H groups in total. The SMILES string of the molecule is CNCc1ccccc1OCCN1CC2CCC1C2. The third kappa shape index (κ3) is 2.93.